The smallest absolute Gasteiger partial charge is 0.228 e. The van der Waals surface area contributed by atoms with Gasteiger partial charge >= 0.3 is 0 Å². The van der Waals surface area contributed by atoms with Gasteiger partial charge in [0.2, 0.25) is 5.91 Å². The van der Waals surface area contributed by atoms with Gasteiger partial charge in [-0.1, -0.05) is 12.1 Å². The number of hydrogen-bond donors (Lipinski definition) is 2. The summed E-state index contributed by atoms with van der Waals surface area (Å²) in [5, 5.41) is 2.84. The minimum absolute atomic E-state index is 0.0594. The summed E-state index contributed by atoms with van der Waals surface area (Å²) >= 11 is 0. The monoisotopic (exact) mass is 241 g/mol. The molecule has 3 N–H and O–H groups in total. The lowest BCUT2D eigenvalue weighted by molar-refractivity contribution is -0.115. The quantitative estimate of drug-likeness (QED) is 0.809. The van der Waals surface area contributed by atoms with Gasteiger partial charge in [-0.15, -0.1) is 0 Å². The molecule has 1 aromatic heterocycles. The fourth-order valence-corrected chi connectivity index (χ4v) is 1.61. The van der Waals surface area contributed by atoms with Gasteiger partial charge in [-0.25, -0.2) is 0 Å². The predicted molar refractivity (Wildman–Crippen MR) is 72.2 cm³/mol. The van der Waals surface area contributed by atoms with Crippen LogP contribution in [0.15, 0.2) is 42.7 Å². The molecule has 0 bridgehead atoms. The Hall–Kier alpha value is -2.36. The van der Waals surface area contributed by atoms with Gasteiger partial charge in [0.05, 0.1) is 18.3 Å². The largest absolute Gasteiger partial charge is 0.399 e. The third-order valence-corrected chi connectivity index (χ3v) is 2.66. The topological polar surface area (TPSA) is 68.0 Å². The Balaban J connectivity index is 2.01. The molecule has 92 valence electrons. The van der Waals surface area contributed by atoms with E-state index < -0.39 is 0 Å². The molecule has 0 unspecified atom stereocenters. The summed E-state index contributed by atoms with van der Waals surface area (Å²) in [5.74, 6) is -0.0594. The molecule has 1 aromatic carbocycles. The van der Waals surface area contributed by atoms with E-state index in [1.165, 1.54) is 0 Å². The van der Waals surface area contributed by atoms with Crippen molar-refractivity contribution in [1.29, 1.82) is 0 Å². The second-order valence-electron chi connectivity index (χ2n) is 4.16. The van der Waals surface area contributed by atoms with E-state index in [0.717, 1.165) is 16.8 Å². The maximum absolute atomic E-state index is 11.8. The Labute approximate surface area is 106 Å². The van der Waals surface area contributed by atoms with E-state index in [-0.39, 0.29) is 5.91 Å². The van der Waals surface area contributed by atoms with Gasteiger partial charge in [-0.05, 0) is 36.2 Å². The van der Waals surface area contributed by atoms with Gasteiger partial charge in [-0.2, -0.15) is 0 Å². The van der Waals surface area contributed by atoms with E-state index >= 15 is 0 Å². The number of aryl methyl sites for hydroxylation is 1. The molecule has 0 saturated heterocycles. The maximum Gasteiger partial charge on any atom is 0.228 e. The molecule has 1 heterocycles. The number of anilines is 2. The van der Waals surface area contributed by atoms with Crippen LogP contribution < -0.4 is 11.1 Å². The molecule has 0 atom stereocenters. The second-order valence-corrected chi connectivity index (χ2v) is 4.16. The van der Waals surface area contributed by atoms with Gasteiger partial charge in [-0.3, -0.25) is 9.78 Å². The molecule has 0 spiro atoms. The molecule has 18 heavy (non-hydrogen) atoms. The number of amides is 1. The number of aromatic nitrogens is 1. The number of nitrogens with zero attached hydrogens (tertiary/aromatic N) is 1. The van der Waals surface area contributed by atoms with Crippen molar-refractivity contribution in [2.45, 2.75) is 13.3 Å². The first-order chi connectivity index (χ1) is 8.65. The Morgan fingerprint density at radius 2 is 2.00 bits per heavy atom. The number of rotatable bonds is 3. The summed E-state index contributed by atoms with van der Waals surface area (Å²) in [6.45, 7) is 1.93. The molecule has 0 aliphatic carbocycles. The molecular weight excluding hydrogens is 226 g/mol. The van der Waals surface area contributed by atoms with E-state index in [0.29, 0.717) is 12.1 Å². The highest BCUT2D eigenvalue weighted by atomic mass is 16.1. The Kier molecular flexibility index (Phi) is 3.57. The second kappa shape index (κ2) is 5.31. The average molecular weight is 241 g/mol. The number of pyridine rings is 1. The number of nitrogen functional groups attached to an aromatic ring is 1. The molecular formula is C14H15N3O. The van der Waals surface area contributed by atoms with Crippen LogP contribution >= 0.6 is 0 Å². The van der Waals surface area contributed by atoms with Crippen LogP contribution in [0.1, 0.15) is 11.1 Å². The van der Waals surface area contributed by atoms with Gasteiger partial charge < -0.3 is 11.1 Å². The first-order valence-electron chi connectivity index (χ1n) is 5.70. The summed E-state index contributed by atoms with van der Waals surface area (Å²) < 4.78 is 0. The van der Waals surface area contributed by atoms with E-state index in [1.807, 2.05) is 25.1 Å². The number of benzene rings is 1. The summed E-state index contributed by atoms with van der Waals surface area (Å²) in [6.07, 6.45) is 3.68. The maximum atomic E-state index is 11.8. The lowest BCUT2D eigenvalue weighted by Crippen LogP contribution is -2.15. The van der Waals surface area contributed by atoms with Gasteiger partial charge in [0, 0.05) is 11.9 Å². The fraction of sp³-hybridized carbons (Fsp3) is 0.143. The third kappa shape index (κ3) is 3.07. The zero-order chi connectivity index (χ0) is 13.0. The lowest BCUT2D eigenvalue weighted by Gasteiger charge is -2.07. The standard InChI is InChI=1S/C14H15N3O/c1-10-6-7-16-9-13(10)17-14(18)8-11-2-4-12(15)5-3-11/h2-7,9H,8,15H2,1H3,(H,17,18). The third-order valence-electron chi connectivity index (χ3n) is 2.66. The molecule has 4 heteroatoms. The van der Waals surface area contributed by atoms with E-state index in [1.54, 1.807) is 24.5 Å². The summed E-state index contributed by atoms with van der Waals surface area (Å²) in [4.78, 5) is 15.8. The van der Waals surface area contributed by atoms with Crippen LogP contribution in [-0.2, 0) is 11.2 Å². The van der Waals surface area contributed by atoms with Crippen molar-refractivity contribution in [2.24, 2.45) is 0 Å². The van der Waals surface area contributed by atoms with E-state index in [4.69, 9.17) is 5.73 Å². The van der Waals surface area contributed by atoms with E-state index in [9.17, 15) is 4.79 Å². The highest BCUT2D eigenvalue weighted by molar-refractivity contribution is 5.92. The number of nitrogens with one attached hydrogen (secondary N) is 1. The van der Waals surface area contributed by atoms with Crippen LogP contribution in [-0.4, -0.2) is 10.9 Å². The summed E-state index contributed by atoms with van der Waals surface area (Å²) in [7, 11) is 0. The van der Waals surface area contributed by atoms with Crippen molar-refractivity contribution >= 4 is 17.3 Å². The van der Waals surface area contributed by atoms with Crippen molar-refractivity contribution in [3.63, 3.8) is 0 Å². The zero-order valence-corrected chi connectivity index (χ0v) is 10.2. The first-order valence-corrected chi connectivity index (χ1v) is 5.70. The number of nitrogens with two attached hydrogens (primary N) is 1. The number of hydrogen-bond acceptors (Lipinski definition) is 3. The normalized spacial score (nSPS) is 10.1. The minimum atomic E-state index is -0.0594. The highest BCUT2D eigenvalue weighted by Gasteiger charge is 2.05. The SMILES string of the molecule is Cc1ccncc1NC(=O)Cc1ccc(N)cc1. The number of carbonyl (C=O) groups is 1. The lowest BCUT2D eigenvalue weighted by atomic mass is 10.1. The molecule has 2 rings (SSSR count). The van der Waals surface area contributed by atoms with Crippen LogP contribution in [0, 0.1) is 6.92 Å². The molecule has 0 saturated carbocycles. The van der Waals surface area contributed by atoms with Crippen molar-refractivity contribution < 1.29 is 4.79 Å². The molecule has 0 aliphatic rings. The molecule has 2 aromatic rings. The van der Waals surface area contributed by atoms with Crippen LogP contribution in [0.5, 0.6) is 0 Å². The zero-order valence-electron chi connectivity index (χ0n) is 10.2. The molecule has 0 fully saturated rings. The number of carbonyl (C=O) groups excluding carboxylic acids is 1. The summed E-state index contributed by atoms with van der Waals surface area (Å²) in [6, 6.07) is 9.14. The Bertz CT molecular complexity index is 549. The Morgan fingerprint density at radius 1 is 1.28 bits per heavy atom. The predicted octanol–water partition coefficient (Wildman–Crippen LogP) is 2.15. The molecule has 1 amide bonds. The fourth-order valence-electron chi connectivity index (χ4n) is 1.61. The Morgan fingerprint density at radius 3 is 2.67 bits per heavy atom. The highest BCUT2D eigenvalue weighted by Crippen LogP contribution is 2.12. The average Bonchev–Trinajstić information content (AvgIpc) is 2.35. The van der Waals surface area contributed by atoms with Crippen molar-refractivity contribution in [3.8, 4) is 0 Å². The van der Waals surface area contributed by atoms with Crippen LogP contribution in [0.3, 0.4) is 0 Å². The minimum Gasteiger partial charge on any atom is -0.399 e. The van der Waals surface area contributed by atoms with Crippen molar-refractivity contribution in [1.82, 2.24) is 4.98 Å². The van der Waals surface area contributed by atoms with Crippen LogP contribution in [0.4, 0.5) is 11.4 Å². The van der Waals surface area contributed by atoms with Crippen molar-refractivity contribution in [2.75, 3.05) is 11.1 Å². The summed E-state index contributed by atoms with van der Waals surface area (Å²) in [5.41, 5.74) is 8.97. The van der Waals surface area contributed by atoms with Crippen LogP contribution in [0.2, 0.25) is 0 Å². The van der Waals surface area contributed by atoms with Gasteiger partial charge in [0.25, 0.3) is 0 Å². The molecule has 0 radical (unpaired) electrons. The van der Waals surface area contributed by atoms with Crippen molar-refractivity contribution in [3.05, 3.63) is 53.9 Å². The molecule has 4 nitrogen and oxygen atoms in total. The van der Waals surface area contributed by atoms with E-state index in [2.05, 4.69) is 10.3 Å². The molecule has 0 aliphatic heterocycles. The van der Waals surface area contributed by atoms with Crippen LogP contribution in [0.25, 0.3) is 0 Å². The van der Waals surface area contributed by atoms with Gasteiger partial charge in [0.15, 0.2) is 0 Å². The first kappa shape index (κ1) is 12.1. The van der Waals surface area contributed by atoms with Gasteiger partial charge in [0.1, 0.15) is 0 Å².